The molecule has 1 unspecified atom stereocenters. The summed E-state index contributed by atoms with van der Waals surface area (Å²) >= 11 is 7.56. The Kier molecular flexibility index (Phi) is 5.77. The zero-order chi connectivity index (χ0) is 24.3. The summed E-state index contributed by atoms with van der Waals surface area (Å²) in [5.74, 6) is -0.779. The van der Waals surface area contributed by atoms with Gasteiger partial charge in [0.15, 0.2) is 10.9 Å². The molecule has 0 spiro atoms. The minimum atomic E-state index is -0.666. The molecule has 4 aromatic rings. The minimum absolute atomic E-state index is 0.0659. The van der Waals surface area contributed by atoms with Crippen LogP contribution < -0.4 is 22.1 Å². The first-order valence-corrected chi connectivity index (χ1v) is 11.8. The van der Waals surface area contributed by atoms with Crippen molar-refractivity contribution in [2.75, 3.05) is 44.4 Å². The maximum absolute atomic E-state index is 16.1. The number of halogens is 3. The van der Waals surface area contributed by atoms with Crippen LogP contribution in [0.2, 0.25) is 5.02 Å². The molecule has 34 heavy (non-hydrogen) atoms. The quantitative estimate of drug-likeness (QED) is 0.379. The van der Waals surface area contributed by atoms with E-state index in [0.717, 1.165) is 11.3 Å². The first-order valence-electron chi connectivity index (χ1n) is 10.6. The van der Waals surface area contributed by atoms with E-state index in [0.29, 0.717) is 41.7 Å². The molecule has 12 heteroatoms. The number of nitrogen functional groups attached to an aromatic ring is 1. The van der Waals surface area contributed by atoms with Crippen LogP contribution in [-0.4, -0.2) is 59.6 Å². The lowest BCUT2D eigenvalue weighted by atomic mass is 9.99. The number of fused-ring (bicyclic) bond motifs is 2. The third-order valence-corrected chi connectivity index (χ3v) is 7.35. The number of aromatic nitrogens is 3. The van der Waals surface area contributed by atoms with Crippen molar-refractivity contribution < 1.29 is 8.78 Å². The van der Waals surface area contributed by atoms with Crippen molar-refractivity contribution in [1.82, 2.24) is 19.9 Å². The van der Waals surface area contributed by atoms with Gasteiger partial charge in [-0.2, -0.15) is 0 Å². The highest BCUT2D eigenvalue weighted by Crippen LogP contribution is 2.42. The fourth-order valence-corrected chi connectivity index (χ4v) is 5.19. The van der Waals surface area contributed by atoms with Gasteiger partial charge in [-0.1, -0.05) is 22.9 Å². The molecule has 178 valence electrons. The molecule has 0 bridgehead atoms. The molecule has 1 fully saturated rings. The second kappa shape index (κ2) is 8.51. The molecule has 3 heterocycles. The molecule has 1 aliphatic heterocycles. The van der Waals surface area contributed by atoms with Crippen LogP contribution in [0.25, 0.3) is 32.2 Å². The summed E-state index contributed by atoms with van der Waals surface area (Å²) in [6.07, 6.45) is 0. The number of rotatable bonds is 5. The summed E-state index contributed by atoms with van der Waals surface area (Å²) in [4.78, 5) is 17.5. The molecule has 0 amide bonds. The Morgan fingerprint density at radius 3 is 2.62 bits per heavy atom. The SMILES string of the molecule is CN(C)C1CN(c2nc(C(N)CN)c3cc(Cl)c(-c4ccc(F)c5sc(N)nc45)c(F)c3n2)C1. The molecule has 2 aromatic carbocycles. The van der Waals surface area contributed by atoms with Gasteiger partial charge in [0.05, 0.1) is 27.0 Å². The summed E-state index contributed by atoms with van der Waals surface area (Å²) < 4.78 is 30.7. The first-order chi connectivity index (χ1) is 16.2. The standard InChI is InChI=1S/C22H23ClF2N8S/c1-32(2)9-7-33(8-9)22-30-17(14(27)6-26)11-5-12(23)15(16(25)18(11)31-22)10-3-4-13(24)20-19(10)29-21(28)34-20/h3-5,9,14H,6-8,26-27H2,1-2H3,(H2,28,29). The smallest absolute Gasteiger partial charge is 0.226 e. The highest BCUT2D eigenvalue weighted by Gasteiger charge is 2.32. The Morgan fingerprint density at radius 2 is 1.94 bits per heavy atom. The summed E-state index contributed by atoms with van der Waals surface area (Å²) in [5.41, 5.74) is 19.0. The van der Waals surface area contributed by atoms with Crippen molar-refractivity contribution in [3.8, 4) is 11.1 Å². The van der Waals surface area contributed by atoms with Crippen molar-refractivity contribution in [2.45, 2.75) is 12.1 Å². The second-order valence-corrected chi connectivity index (χ2v) is 9.98. The number of nitrogens with zero attached hydrogens (tertiary/aromatic N) is 5. The number of thiazole rings is 1. The van der Waals surface area contributed by atoms with Gasteiger partial charge < -0.3 is 27.0 Å². The fraction of sp³-hybridized carbons (Fsp3) is 0.318. The molecule has 1 atom stereocenters. The average Bonchev–Trinajstić information content (AvgIpc) is 3.16. The molecular weight excluding hydrogens is 482 g/mol. The van der Waals surface area contributed by atoms with E-state index in [1.54, 1.807) is 6.07 Å². The highest BCUT2D eigenvalue weighted by molar-refractivity contribution is 7.22. The summed E-state index contributed by atoms with van der Waals surface area (Å²) in [6, 6.07) is 3.98. The maximum atomic E-state index is 16.1. The van der Waals surface area contributed by atoms with Gasteiger partial charge in [0, 0.05) is 42.2 Å². The first kappa shape index (κ1) is 23.1. The van der Waals surface area contributed by atoms with Gasteiger partial charge in [-0.25, -0.2) is 23.7 Å². The van der Waals surface area contributed by atoms with Crippen LogP contribution in [0.15, 0.2) is 18.2 Å². The minimum Gasteiger partial charge on any atom is -0.375 e. The van der Waals surface area contributed by atoms with E-state index in [-0.39, 0.29) is 38.0 Å². The van der Waals surface area contributed by atoms with E-state index in [1.807, 2.05) is 19.0 Å². The number of benzene rings is 2. The Bertz CT molecular complexity index is 1420. The Hall–Kier alpha value is -2.70. The van der Waals surface area contributed by atoms with Crippen LogP contribution in [0, 0.1) is 11.6 Å². The summed E-state index contributed by atoms with van der Waals surface area (Å²) in [5, 5.41) is 0.657. The van der Waals surface area contributed by atoms with Crippen molar-refractivity contribution >= 4 is 55.1 Å². The van der Waals surface area contributed by atoms with E-state index < -0.39 is 17.7 Å². The van der Waals surface area contributed by atoms with Gasteiger partial charge in [-0.3, -0.25) is 0 Å². The van der Waals surface area contributed by atoms with Crippen LogP contribution in [0.3, 0.4) is 0 Å². The fourth-order valence-electron chi connectivity index (χ4n) is 4.13. The number of nitrogens with two attached hydrogens (primary N) is 3. The molecule has 0 aliphatic carbocycles. The summed E-state index contributed by atoms with van der Waals surface area (Å²) in [6.45, 7) is 1.52. The number of likely N-dealkylation sites (N-methyl/N-ethyl adjacent to an activating group) is 1. The normalized spacial score (nSPS) is 15.5. The molecule has 6 N–H and O–H groups in total. The van der Waals surface area contributed by atoms with Crippen LogP contribution in [0.4, 0.5) is 19.9 Å². The Morgan fingerprint density at radius 1 is 1.21 bits per heavy atom. The van der Waals surface area contributed by atoms with E-state index in [9.17, 15) is 4.39 Å². The molecule has 2 aromatic heterocycles. The molecule has 5 rings (SSSR count). The average molecular weight is 505 g/mol. The van der Waals surface area contributed by atoms with E-state index in [4.69, 9.17) is 28.8 Å². The van der Waals surface area contributed by atoms with Gasteiger partial charge >= 0.3 is 0 Å². The summed E-state index contributed by atoms with van der Waals surface area (Å²) in [7, 11) is 4.00. The Labute approximate surface area is 203 Å². The third-order valence-electron chi connectivity index (χ3n) is 6.16. The van der Waals surface area contributed by atoms with Gasteiger partial charge in [-0.15, -0.1) is 0 Å². The molecule has 8 nitrogen and oxygen atoms in total. The van der Waals surface area contributed by atoms with Gasteiger partial charge in [-0.05, 0) is 32.3 Å². The third kappa shape index (κ3) is 3.64. The maximum Gasteiger partial charge on any atom is 0.226 e. The van der Waals surface area contributed by atoms with Gasteiger partial charge in [0.2, 0.25) is 5.95 Å². The van der Waals surface area contributed by atoms with Crippen molar-refractivity contribution in [2.24, 2.45) is 11.5 Å². The van der Waals surface area contributed by atoms with Crippen molar-refractivity contribution in [1.29, 1.82) is 0 Å². The largest absolute Gasteiger partial charge is 0.375 e. The predicted octanol–water partition coefficient (Wildman–Crippen LogP) is 3.13. The van der Waals surface area contributed by atoms with E-state index in [1.165, 1.54) is 12.1 Å². The van der Waals surface area contributed by atoms with Crippen molar-refractivity contribution in [3.05, 3.63) is 40.6 Å². The lowest BCUT2D eigenvalue weighted by molar-refractivity contribution is 0.245. The van der Waals surface area contributed by atoms with Crippen LogP contribution in [0.5, 0.6) is 0 Å². The zero-order valence-electron chi connectivity index (χ0n) is 18.5. The number of hydrogen-bond acceptors (Lipinski definition) is 9. The molecule has 0 radical (unpaired) electrons. The number of hydrogen-bond donors (Lipinski definition) is 3. The highest BCUT2D eigenvalue weighted by atomic mass is 35.5. The van der Waals surface area contributed by atoms with Crippen molar-refractivity contribution in [3.63, 3.8) is 0 Å². The van der Waals surface area contributed by atoms with Crippen LogP contribution >= 0.6 is 22.9 Å². The van der Waals surface area contributed by atoms with Crippen LogP contribution in [0.1, 0.15) is 11.7 Å². The molecule has 1 aliphatic rings. The van der Waals surface area contributed by atoms with E-state index >= 15 is 4.39 Å². The molecule has 1 saturated heterocycles. The molecule has 0 saturated carbocycles. The molecular formula is C22H23ClF2N8S. The topological polar surface area (TPSA) is 123 Å². The predicted molar refractivity (Wildman–Crippen MR) is 133 cm³/mol. The number of anilines is 2. The lowest BCUT2D eigenvalue weighted by Crippen LogP contribution is -2.58. The zero-order valence-corrected chi connectivity index (χ0v) is 20.1. The monoisotopic (exact) mass is 504 g/mol. The second-order valence-electron chi connectivity index (χ2n) is 8.54. The van der Waals surface area contributed by atoms with Gasteiger partial charge in [0.1, 0.15) is 11.3 Å². The van der Waals surface area contributed by atoms with E-state index in [2.05, 4.69) is 19.9 Å². The van der Waals surface area contributed by atoms with Gasteiger partial charge in [0.25, 0.3) is 0 Å². The van der Waals surface area contributed by atoms with Crippen LogP contribution in [-0.2, 0) is 0 Å². The lowest BCUT2D eigenvalue weighted by Gasteiger charge is -2.42. The Balaban J connectivity index is 1.74.